The standard InChI is InChI=1S/C22H20N4O4S2/c1-30-17-9-7-14(8-10-17)18(27)13-31-22-25-24-21(32-22)23-20(29)15-11-19(28)26(12-15)16-5-3-2-4-6-16/h2-10,15H,11-13H2,1H3,(H,23,24,29). The van der Waals surface area contributed by atoms with Gasteiger partial charge in [0.05, 0.1) is 18.8 Å². The largest absolute Gasteiger partial charge is 0.497 e. The van der Waals surface area contributed by atoms with Gasteiger partial charge in [-0.05, 0) is 36.4 Å². The third-order valence-corrected chi connectivity index (χ3v) is 6.91. The van der Waals surface area contributed by atoms with Gasteiger partial charge < -0.3 is 15.0 Å². The number of benzene rings is 2. The van der Waals surface area contributed by atoms with Crippen LogP contribution in [0.5, 0.6) is 5.75 Å². The van der Waals surface area contributed by atoms with E-state index in [1.807, 2.05) is 30.3 Å². The van der Waals surface area contributed by atoms with Crippen LogP contribution in [0.2, 0.25) is 0 Å². The Hall–Kier alpha value is -3.24. The van der Waals surface area contributed by atoms with Gasteiger partial charge in [-0.25, -0.2) is 0 Å². The molecule has 1 atom stereocenters. The Bertz CT molecular complexity index is 1120. The fourth-order valence-electron chi connectivity index (χ4n) is 3.25. The first-order valence-electron chi connectivity index (χ1n) is 9.83. The number of rotatable bonds is 8. The van der Waals surface area contributed by atoms with E-state index in [-0.39, 0.29) is 29.8 Å². The van der Waals surface area contributed by atoms with Gasteiger partial charge in [0.2, 0.25) is 16.9 Å². The number of ketones is 1. The highest BCUT2D eigenvalue weighted by Gasteiger charge is 2.35. The minimum absolute atomic E-state index is 0.0380. The number of methoxy groups -OCH3 is 1. The van der Waals surface area contributed by atoms with Crippen molar-refractivity contribution in [3.8, 4) is 5.75 Å². The summed E-state index contributed by atoms with van der Waals surface area (Å²) in [6.07, 6.45) is 0.150. The molecule has 0 saturated carbocycles. The smallest absolute Gasteiger partial charge is 0.231 e. The lowest BCUT2D eigenvalue weighted by Crippen LogP contribution is -2.28. The SMILES string of the molecule is COc1ccc(C(=O)CSc2nnc(NC(=O)C3CC(=O)N(c4ccccc4)C3)s2)cc1. The van der Waals surface area contributed by atoms with Gasteiger partial charge in [0.1, 0.15) is 5.75 Å². The Balaban J connectivity index is 1.29. The molecule has 0 spiro atoms. The lowest BCUT2D eigenvalue weighted by atomic mass is 10.1. The van der Waals surface area contributed by atoms with Gasteiger partial charge in [-0.15, -0.1) is 10.2 Å². The molecule has 0 bridgehead atoms. The van der Waals surface area contributed by atoms with E-state index in [9.17, 15) is 14.4 Å². The summed E-state index contributed by atoms with van der Waals surface area (Å²) in [5.74, 6) is 0.0523. The van der Waals surface area contributed by atoms with E-state index in [4.69, 9.17) is 4.74 Å². The molecule has 164 valence electrons. The number of carbonyl (C=O) groups excluding carboxylic acids is 3. The molecule has 1 aromatic heterocycles. The van der Waals surface area contributed by atoms with Gasteiger partial charge >= 0.3 is 0 Å². The maximum absolute atomic E-state index is 12.6. The predicted octanol–water partition coefficient (Wildman–Crippen LogP) is 3.51. The molecule has 2 heterocycles. The number of thioether (sulfide) groups is 1. The molecule has 0 radical (unpaired) electrons. The summed E-state index contributed by atoms with van der Waals surface area (Å²) in [6, 6.07) is 16.2. The molecular weight excluding hydrogens is 448 g/mol. The first-order chi connectivity index (χ1) is 15.5. The second-order valence-electron chi connectivity index (χ2n) is 7.04. The molecule has 32 heavy (non-hydrogen) atoms. The number of nitrogens with one attached hydrogen (secondary N) is 1. The summed E-state index contributed by atoms with van der Waals surface area (Å²) in [5.41, 5.74) is 1.37. The predicted molar refractivity (Wildman–Crippen MR) is 123 cm³/mol. The molecule has 1 aliphatic heterocycles. The Morgan fingerprint density at radius 3 is 2.62 bits per heavy atom. The van der Waals surface area contributed by atoms with E-state index >= 15 is 0 Å². The monoisotopic (exact) mass is 468 g/mol. The Morgan fingerprint density at radius 2 is 1.91 bits per heavy atom. The minimum Gasteiger partial charge on any atom is -0.497 e. The molecule has 8 nitrogen and oxygen atoms in total. The summed E-state index contributed by atoms with van der Waals surface area (Å²) in [6.45, 7) is 0.325. The first kappa shape index (κ1) is 22.0. The fourth-order valence-corrected chi connectivity index (χ4v) is 4.90. The number of aromatic nitrogens is 2. The van der Waals surface area contributed by atoms with Crippen molar-refractivity contribution in [1.29, 1.82) is 0 Å². The maximum atomic E-state index is 12.6. The van der Waals surface area contributed by atoms with Crippen LogP contribution in [0, 0.1) is 5.92 Å². The van der Waals surface area contributed by atoms with E-state index in [0.29, 0.717) is 27.3 Å². The van der Waals surface area contributed by atoms with Crippen LogP contribution in [0.25, 0.3) is 0 Å². The van der Waals surface area contributed by atoms with Crippen LogP contribution in [0.15, 0.2) is 58.9 Å². The second kappa shape index (κ2) is 9.92. The van der Waals surface area contributed by atoms with Crippen molar-refractivity contribution < 1.29 is 19.1 Å². The van der Waals surface area contributed by atoms with E-state index < -0.39 is 5.92 Å². The van der Waals surface area contributed by atoms with E-state index in [1.54, 1.807) is 36.3 Å². The van der Waals surface area contributed by atoms with Crippen LogP contribution in [-0.2, 0) is 9.59 Å². The molecule has 4 rings (SSSR count). The molecule has 10 heteroatoms. The van der Waals surface area contributed by atoms with Crippen molar-refractivity contribution in [2.75, 3.05) is 29.6 Å². The normalized spacial score (nSPS) is 15.6. The zero-order valence-corrected chi connectivity index (χ0v) is 18.8. The molecule has 1 N–H and O–H groups in total. The van der Waals surface area contributed by atoms with Gasteiger partial charge in [-0.2, -0.15) is 0 Å². The van der Waals surface area contributed by atoms with Gasteiger partial charge in [0.25, 0.3) is 0 Å². The molecule has 1 saturated heterocycles. The van der Waals surface area contributed by atoms with E-state index in [0.717, 1.165) is 5.69 Å². The van der Waals surface area contributed by atoms with Crippen molar-refractivity contribution >= 4 is 51.5 Å². The number of para-hydroxylation sites is 1. The van der Waals surface area contributed by atoms with Crippen molar-refractivity contribution in [3.63, 3.8) is 0 Å². The number of carbonyl (C=O) groups is 3. The van der Waals surface area contributed by atoms with E-state index in [2.05, 4.69) is 15.5 Å². The van der Waals surface area contributed by atoms with E-state index in [1.165, 1.54) is 23.1 Å². The summed E-state index contributed by atoms with van der Waals surface area (Å²) < 4.78 is 5.67. The Morgan fingerprint density at radius 1 is 1.16 bits per heavy atom. The molecule has 3 aromatic rings. The fraction of sp³-hybridized carbons (Fsp3) is 0.227. The average molecular weight is 469 g/mol. The van der Waals surface area contributed by atoms with Gasteiger partial charge in [-0.3, -0.25) is 14.4 Å². The third kappa shape index (κ3) is 5.14. The van der Waals surface area contributed by atoms with Crippen LogP contribution in [-0.4, -0.2) is 47.2 Å². The molecule has 0 aliphatic carbocycles. The van der Waals surface area contributed by atoms with Gasteiger partial charge in [0.15, 0.2) is 10.1 Å². The highest BCUT2D eigenvalue weighted by atomic mass is 32.2. The number of nitrogens with zero attached hydrogens (tertiary/aromatic N) is 3. The topological polar surface area (TPSA) is 101 Å². The van der Waals surface area contributed by atoms with Crippen LogP contribution < -0.4 is 15.0 Å². The van der Waals surface area contributed by atoms with Crippen LogP contribution in [0.4, 0.5) is 10.8 Å². The Kier molecular flexibility index (Phi) is 6.81. The van der Waals surface area contributed by atoms with Crippen LogP contribution in [0.3, 0.4) is 0 Å². The first-order valence-corrected chi connectivity index (χ1v) is 11.6. The molecular formula is C22H20N4O4S2. The summed E-state index contributed by atoms with van der Waals surface area (Å²) in [7, 11) is 1.57. The molecule has 1 unspecified atom stereocenters. The number of anilines is 2. The van der Waals surface area contributed by atoms with Crippen molar-refractivity contribution in [1.82, 2.24) is 10.2 Å². The summed E-state index contributed by atoms with van der Waals surface area (Å²) >= 11 is 2.46. The van der Waals surface area contributed by atoms with Gasteiger partial charge in [0, 0.05) is 24.2 Å². The molecule has 2 aromatic carbocycles. The maximum Gasteiger partial charge on any atom is 0.231 e. The van der Waals surface area contributed by atoms with Crippen molar-refractivity contribution in [2.24, 2.45) is 5.92 Å². The lowest BCUT2D eigenvalue weighted by molar-refractivity contribution is -0.122. The molecule has 1 aliphatic rings. The molecule has 2 amide bonds. The van der Waals surface area contributed by atoms with Crippen LogP contribution >= 0.6 is 23.1 Å². The number of amides is 2. The number of hydrogen-bond acceptors (Lipinski definition) is 8. The third-order valence-electron chi connectivity index (χ3n) is 4.94. The van der Waals surface area contributed by atoms with Gasteiger partial charge in [-0.1, -0.05) is 41.3 Å². The van der Waals surface area contributed by atoms with Crippen molar-refractivity contribution in [2.45, 2.75) is 10.8 Å². The number of Topliss-reactive ketones (excluding diaryl/α,β-unsaturated/α-hetero) is 1. The second-order valence-corrected chi connectivity index (χ2v) is 9.24. The zero-order valence-electron chi connectivity index (χ0n) is 17.2. The summed E-state index contributed by atoms with van der Waals surface area (Å²) in [5, 5.41) is 11.1. The average Bonchev–Trinajstić information content (AvgIpc) is 3.44. The van der Waals surface area contributed by atoms with Crippen molar-refractivity contribution in [3.05, 3.63) is 60.2 Å². The summed E-state index contributed by atoms with van der Waals surface area (Å²) in [4.78, 5) is 38.9. The zero-order chi connectivity index (χ0) is 22.5. The van der Waals surface area contributed by atoms with Crippen LogP contribution in [0.1, 0.15) is 16.8 Å². The lowest BCUT2D eigenvalue weighted by Gasteiger charge is -2.16. The Labute approximate surface area is 193 Å². The number of hydrogen-bond donors (Lipinski definition) is 1. The highest BCUT2D eigenvalue weighted by molar-refractivity contribution is 8.01. The molecule has 1 fully saturated rings. The number of ether oxygens (including phenoxy) is 1. The minimum atomic E-state index is -0.459. The quantitative estimate of drug-likeness (QED) is 0.307. The highest BCUT2D eigenvalue weighted by Crippen LogP contribution is 2.29.